The van der Waals surface area contributed by atoms with Gasteiger partial charge in [0.05, 0.1) is 5.69 Å². The van der Waals surface area contributed by atoms with Crippen LogP contribution in [0.5, 0.6) is 0 Å². The number of nitrogens with zero attached hydrogens (tertiary/aromatic N) is 1. The second-order valence-electron chi connectivity index (χ2n) is 10.1. The van der Waals surface area contributed by atoms with Crippen LogP contribution in [0.4, 0.5) is 11.4 Å². The molecule has 0 unspecified atom stereocenters. The van der Waals surface area contributed by atoms with Crippen molar-refractivity contribution in [2.45, 2.75) is 60.8 Å². The molecule has 3 aromatic rings. The summed E-state index contributed by atoms with van der Waals surface area (Å²) < 4.78 is 0. The lowest BCUT2D eigenvalue weighted by Gasteiger charge is -2.30. The Balaban J connectivity index is 2.22. The quantitative estimate of drug-likeness (QED) is 0.413. The molecule has 2 nitrogen and oxygen atoms in total. The summed E-state index contributed by atoms with van der Waals surface area (Å²) in [6.45, 7) is 15.0. The minimum atomic E-state index is -0.0954. The molecule has 0 fully saturated rings. The van der Waals surface area contributed by atoms with Gasteiger partial charge in [0.1, 0.15) is 0 Å². The lowest BCUT2D eigenvalue weighted by molar-refractivity contribution is -0.119. The molecule has 2 heteroatoms. The Hall–Kier alpha value is -2.87. The number of para-hydroxylation sites is 1. The predicted molar refractivity (Wildman–Crippen MR) is 133 cm³/mol. The molecular formula is C29H35NO. The highest BCUT2D eigenvalue weighted by Gasteiger charge is 2.27. The van der Waals surface area contributed by atoms with Crippen LogP contribution in [0.25, 0.3) is 11.1 Å². The minimum Gasteiger partial charge on any atom is -0.280 e. The average molecular weight is 414 g/mol. The molecule has 1 amide bonds. The second kappa shape index (κ2) is 9.09. The van der Waals surface area contributed by atoms with Gasteiger partial charge in [-0.2, -0.15) is 0 Å². The Labute approximate surface area is 187 Å². The van der Waals surface area contributed by atoms with E-state index in [4.69, 9.17) is 0 Å². The van der Waals surface area contributed by atoms with Crippen molar-refractivity contribution in [3.63, 3.8) is 0 Å². The third-order valence-corrected chi connectivity index (χ3v) is 5.50. The molecule has 0 saturated carbocycles. The van der Waals surface area contributed by atoms with E-state index in [1.54, 1.807) is 0 Å². The molecule has 31 heavy (non-hydrogen) atoms. The highest BCUT2D eigenvalue weighted by molar-refractivity contribution is 6.05. The Morgan fingerprint density at radius 2 is 1.52 bits per heavy atom. The van der Waals surface area contributed by atoms with Crippen LogP contribution in [0.3, 0.4) is 0 Å². The second-order valence-corrected chi connectivity index (χ2v) is 10.1. The maximum absolute atomic E-state index is 13.6. The van der Waals surface area contributed by atoms with E-state index < -0.39 is 0 Å². The van der Waals surface area contributed by atoms with E-state index in [1.165, 1.54) is 11.1 Å². The van der Waals surface area contributed by atoms with Crippen LogP contribution in [0.1, 0.15) is 63.6 Å². The van der Waals surface area contributed by atoms with Gasteiger partial charge in [0.15, 0.2) is 0 Å². The van der Waals surface area contributed by atoms with Gasteiger partial charge in [0.2, 0.25) is 5.91 Å². The number of rotatable bonds is 5. The first kappa shape index (κ1) is 22.8. The van der Waals surface area contributed by atoms with E-state index in [2.05, 4.69) is 84.9 Å². The van der Waals surface area contributed by atoms with E-state index in [0.717, 1.165) is 28.1 Å². The normalized spacial score (nSPS) is 11.6. The molecule has 0 atom stereocenters. The van der Waals surface area contributed by atoms with Gasteiger partial charge in [-0.15, -0.1) is 0 Å². The van der Waals surface area contributed by atoms with Crippen LogP contribution in [0.2, 0.25) is 0 Å². The zero-order valence-corrected chi connectivity index (χ0v) is 20.0. The molecule has 162 valence electrons. The fourth-order valence-corrected chi connectivity index (χ4v) is 4.03. The summed E-state index contributed by atoms with van der Waals surface area (Å²) in [5, 5.41) is 0. The van der Waals surface area contributed by atoms with Crippen LogP contribution in [0.15, 0.2) is 66.7 Å². The minimum absolute atomic E-state index is 0.0954. The van der Waals surface area contributed by atoms with Crippen molar-refractivity contribution >= 4 is 17.3 Å². The van der Waals surface area contributed by atoms with E-state index >= 15 is 0 Å². The van der Waals surface area contributed by atoms with Gasteiger partial charge in [0.25, 0.3) is 0 Å². The predicted octanol–water partition coefficient (Wildman–Crippen LogP) is 8.19. The third-order valence-electron chi connectivity index (χ3n) is 5.50. The number of hydrogen-bond donors (Lipinski definition) is 0. The fraction of sp³-hybridized carbons (Fsp3) is 0.345. The first-order chi connectivity index (χ1) is 14.6. The van der Waals surface area contributed by atoms with E-state index in [-0.39, 0.29) is 11.3 Å². The Morgan fingerprint density at radius 3 is 2.06 bits per heavy atom. The SMILES string of the molecule is Cc1cc(C)c(N(C(=O)CC(C)(C)C)c2ccccc2)c(-c2ccc(C(C)C)cc2)c1. The van der Waals surface area contributed by atoms with Crippen LogP contribution >= 0.6 is 0 Å². The van der Waals surface area contributed by atoms with E-state index in [9.17, 15) is 4.79 Å². The number of aryl methyl sites for hydroxylation is 2. The van der Waals surface area contributed by atoms with Gasteiger partial charge in [-0.3, -0.25) is 9.69 Å². The molecule has 0 saturated heterocycles. The first-order valence-electron chi connectivity index (χ1n) is 11.2. The molecule has 0 heterocycles. The Bertz CT molecular complexity index is 1040. The average Bonchev–Trinajstić information content (AvgIpc) is 2.69. The number of benzene rings is 3. The van der Waals surface area contributed by atoms with Crippen molar-refractivity contribution in [1.82, 2.24) is 0 Å². The van der Waals surface area contributed by atoms with Crippen molar-refractivity contribution < 1.29 is 4.79 Å². The monoisotopic (exact) mass is 413 g/mol. The molecule has 3 rings (SSSR count). The van der Waals surface area contributed by atoms with Gasteiger partial charge in [-0.05, 0) is 60.1 Å². The summed E-state index contributed by atoms with van der Waals surface area (Å²) in [5.41, 5.74) is 7.64. The summed E-state index contributed by atoms with van der Waals surface area (Å²) in [6.07, 6.45) is 0.473. The number of anilines is 2. The van der Waals surface area contributed by atoms with Crippen molar-refractivity contribution in [3.8, 4) is 11.1 Å². The largest absolute Gasteiger partial charge is 0.280 e. The van der Waals surface area contributed by atoms with Crippen LogP contribution < -0.4 is 4.90 Å². The van der Waals surface area contributed by atoms with E-state index in [0.29, 0.717) is 12.3 Å². The first-order valence-corrected chi connectivity index (χ1v) is 11.2. The summed E-state index contributed by atoms with van der Waals surface area (Å²) in [6, 6.07) is 23.2. The van der Waals surface area contributed by atoms with E-state index in [1.807, 2.05) is 35.2 Å². The molecular weight excluding hydrogens is 378 g/mol. The molecule has 3 aromatic carbocycles. The highest BCUT2D eigenvalue weighted by atomic mass is 16.2. The van der Waals surface area contributed by atoms with Gasteiger partial charge in [0, 0.05) is 17.7 Å². The number of carbonyl (C=O) groups is 1. The standard InChI is InChI=1S/C29H35NO/c1-20(2)23-13-15-24(16-14-23)26-18-21(3)17-22(4)28(26)30(25-11-9-8-10-12-25)27(31)19-29(5,6)7/h8-18,20H,19H2,1-7H3. The van der Waals surface area contributed by atoms with Crippen molar-refractivity contribution in [3.05, 3.63) is 83.4 Å². The smallest absolute Gasteiger partial charge is 0.232 e. The molecule has 0 aliphatic heterocycles. The molecule has 0 bridgehead atoms. The summed E-state index contributed by atoms with van der Waals surface area (Å²) in [4.78, 5) is 15.6. The molecule has 0 N–H and O–H groups in total. The molecule has 0 spiro atoms. The van der Waals surface area contributed by atoms with Gasteiger partial charge < -0.3 is 0 Å². The topological polar surface area (TPSA) is 20.3 Å². The number of carbonyl (C=O) groups excluding carboxylic acids is 1. The van der Waals surface area contributed by atoms with Crippen LogP contribution in [-0.2, 0) is 4.79 Å². The number of hydrogen-bond acceptors (Lipinski definition) is 1. The van der Waals surface area contributed by atoms with Crippen molar-refractivity contribution in [2.75, 3.05) is 4.90 Å². The number of amides is 1. The molecule has 0 radical (unpaired) electrons. The Morgan fingerprint density at radius 1 is 0.903 bits per heavy atom. The van der Waals surface area contributed by atoms with Gasteiger partial charge in [-0.1, -0.05) is 88.7 Å². The maximum atomic E-state index is 13.6. The van der Waals surface area contributed by atoms with Crippen LogP contribution in [0, 0.1) is 19.3 Å². The van der Waals surface area contributed by atoms with Crippen molar-refractivity contribution in [1.29, 1.82) is 0 Å². The lowest BCUT2D eigenvalue weighted by atomic mass is 9.90. The van der Waals surface area contributed by atoms with Crippen molar-refractivity contribution in [2.24, 2.45) is 5.41 Å². The van der Waals surface area contributed by atoms with Gasteiger partial charge >= 0.3 is 0 Å². The third kappa shape index (κ3) is 5.44. The fourth-order valence-electron chi connectivity index (χ4n) is 4.03. The molecule has 0 aliphatic rings. The lowest BCUT2D eigenvalue weighted by Crippen LogP contribution is -2.30. The molecule has 0 aliphatic carbocycles. The zero-order chi connectivity index (χ0) is 22.8. The summed E-state index contributed by atoms with van der Waals surface area (Å²) >= 11 is 0. The zero-order valence-electron chi connectivity index (χ0n) is 20.0. The maximum Gasteiger partial charge on any atom is 0.232 e. The summed E-state index contributed by atoms with van der Waals surface area (Å²) in [5.74, 6) is 0.604. The van der Waals surface area contributed by atoms with Gasteiger partial charge in [-0.25, -0.2) is 0 Å². The molecule has 0 aromatic heterocycles. The van der Waals surface area contributed by atoms with Crippen LogP contribution in [-0.4, -0.2) is 5.91 Å². The summed E-state index contributed by atoms with van der Waals surface area (Å²) in [7, 11) is 0. The highest BCUT2D eigenvalue weighted by Crippen LogP contribution is 2.40. The Kier molecular flexibility index (Phi) is 6.69.